The average molecular weight is 260 g/mol. The molecule has 0 spiro atoms. The van der Waals surface area contributed by atoms with Crippen molar-refractivity contribution < 1.29 is 4.79 Å². The fraction of sp³-hybridized carbons (Fsp3) is 0.909. The molecule has 2 fully saturated rings. The Bertz CT molecular complexity index is 237. The lowest BCUT2D eigenvalue weighted by Gasteiger charge is -2.24. The quantitative estimate of drug-likeness (QED) is 0.760. The van der Waals surface area contributed by atoms with Gasteiger partial charge in [0.25, 0.3) is 0 Å². The van der Waals surface area contributed by atoms with Crippen molar-refractivity contribution in [1.82, 2.24) is 5.32 Å². The minimum Gasteiger partial charge on any atom is -0.353 e. The van der Waals surface area contributed by atoms with E-state index in [1.807, 2.05) is 6.92 Å². The number of amides is 1. The maximum absolute atomic E-state index is 11.9. The Hall–Kier alpha value is -0.0500. The van der Waals surface area contributed by atoms with Crippen LogP contribution in [0.1, 0.15) is 45.4 Å². The highest BCUT2D eigenvalue weighted by Crippen LogP contribution is 2.51. The number of carbonyl (C=O) groups excluding carboxylic acids is 1. The highest BCUT2D eigenvalue weighted by atomic mass is 79.9. The van der Waals surface area contributed by atoms with E-state index in [4.69, 9.17) is 0 Å². The van der Waals surface area contributed by atoms with Gasteiger partial charge in [0, 0.05) is 10.9 Å². The predicted molar refractivity (Wildman–Crippen MR) is 60.5 cm³/mol. The first-order valence-electron chi connectivity index (χ1n) is 5.58. The van der Waals surface area contributed by atoms with Gasteiger partial charge in [-0.2, -0.15) is 0 Å². The molecular weight excluding hydrogens is 242 g/mol. The molecule has 3 heteroatoms. The number of carbonyl (C=O) groups is 1. The van der Waals surface area contributed by atoms with E-state index in [0.29, 0.717) is 10.9 Å². The van der Waals surface area contributed by atoms with Gasteiger partial charge in [-0.1, -0.05) is 35.2 Å². The van der Waals surface area contributed by atoms with Crippen LogP contribution in [0.5, 0.6) is 0 Å². The van der Waals surface area contributed by atoms with Crippen LogP contribution in [0.3, 0.4) is 0 Å². The lowest BCUT2D eigenvalue weighted by molar-refractivity contribution is -0.126. The number of hydrogen-bond acceptors (Lipinski definition) is 1. The molecule has 0 aromatic heterocycles. The van der Waals surface area contributed by atoms with Gasteiger partial charge >= 0.3 is 0 Å². The van der Waals surface area contributed by atoms with Crippen molar-refractivity contribution in [3.8, 4) is 0 Å². The monoisotopic (exact) mass is 259 g/mol. The van der Waals surface area contributed by atoms with Gasteiger partial charge in [0.05, 0.1) is 5.41 Å². The summed E-state index contributed by atoms with van der Waals surface area (Å²) >= 11 is 3.51. The highest BCUT2D eigenvalue weighted by Gasteiger charge is 2.54. The van der Waals surface area contributed by atoms with E-state index >= 15 is 0 Å². The minimum absolute atomic E-state index is 0.114. The third-order valence-corrected chi connectivity index (χ3v) is 4.93. The third-order valence-electron chi connectivity index (χ3n) is 3.59. The smallest absolute Gasteiger partial charge is 0.227 e. The van der Waals surface area contributed by atoms with Gasteiger partial charge in [-0.3, -0.25) is 4.79 Å². The molecule has 0 bridgehead atoms. The van der Waals surface area contributed by atoms with Crippen molar-refractivity contribution >= 4 is 21.8 Å². The molecule has 2 nitrogen and oxygen atoms in total. The van der Waals surface area contributed by atoms with Gasteiger partial charge in [0.15, 0.2) is 0 Å². The van der Waals surface area contributed by atoms with Crippen LogP contribution >= 0.6 is 15.9 Å². The van der Waals surface area contributed by atoms with Crippen LogP contribution in [0, 0.1) is 5.41 Å². The molecule has 0 aromatic carbocycles. The van der Waals surface area contributed by atoms with Crippen LogP contribution in [0.25, 0.3) is 0 Å². The van der Waals surface area contributed by atoms with Crippen molar-refractivity contribution in [3.05, 3.63) is 0 Å². The van der Waals surface area contributed by atoms with Gasteiger partial charge < -0.3 is 5.32 Å². The zero-order valence-electron chi connectivity index (χ0n) is 8.68. The molecule has 1 N–H and O–H groups in total. The molecule has 0 unspecified atom stereocenters. The maximum atomic E-state index is 11.9. The zero-order chi connectivity index (χ0) is 10.2. The first kappa shape index (κ1) is 10.5. The first-order chi connectivity index (χ1) is 6.63. The summed E-state index contributed by atoms with van der Waals surface area (Å²) in [7, 11) is 0. The second-order valence-electron chi connectivity index (χ2n) is 4.90. The molecular formula is C11H18BrNO. The van der Waals surface area contributed by atoms with Crippen LogP contribution in [0.15, 0.2) is 0 Å². The van der Waals surface area contributed by atoms with E-state index in [9.17, 15) is 4.79 Å². The van der Waals surface area contributed by atoms with Crippen molar-refractivity contribution in [2.45, 2.75) is 56.3 Å². The van der Waals surface area contributed by atoms with E-state index in [2.05, 4.69) is 21.2 Å². The van der Waals surface area contributed by atoms with E-state index in [1.54, 1.807) is 0 Å². The van der Waals surface area contributed by atoms with Crippen molar-refractivity contribution in [1.29, 1.82) is 0 Å². The zero-order valence-corrected chi connectivity index (χ0v) is 10.3. The molecule has 2 rings (SSSR count). The van der Waals surface area contributed by atoms with Crippen LogP contribution in [-0.4, -0.2) is 16.8 Å². The summed E-state index contributed by atoms with van der Waals surface area (Å²) < 4.78 is 0. The molecule has 80 valence electrons. The number of alkyl halides is 1. The molecule has 2 atom stereocenters. The van der Waals surface area contributed by atoms with E-state index < -0.39 is 0 Å². The Morgan fingerprint density at radius 1 is 1.36 bits per heavy atom. The van der Waals surface area contributed by atoms with Crippen molar-refractivity contribution in [2.75, 3.05) is 0 Å². The molecule has 0 saturated heterocycles. The summed E-state index contributed by atoms with van der Waals surface area (Å²) in [5.74, 6) is 0.256. The molecule has 0 aromatic rings. The Morgan fingerprint density at radius 2 is 1.93 bits per heavy atom. The Kier molecular flexibility index (Phi) is 2.87. The number of rotatable bonds is 2. The number of nitrogens with one attached hydrogen (secondary N) is 1. The number of halogens is 1. The van der Waals surface area contributed by atoms with Gasteiger partial charge in [0.2, 0.25) is 5.91 Å². The molecule has 1 amide bonds. The second-order valence-corrected chi connectivity index (χ2v) is 6.00. The van der Waals surface area contributed by atoms with Crippen LogP contribution < -0.4 is 5.32 Å². The summed E-state index contributed by atoms with van der Waals surface area (Å²) in [6.07, 6.45) is 7.23. The summed E-state index contributed by atoms with van der Waals surface area (Å²) in [6, 6.07) is 0.452. The number of hydrogen-bond donors (Lipinski definition) is 1. The Labute approximate surface area is 94.0 Å². The van der Waals surface area contributed by atoms with Crippen molar-refractivity contribution in [3.63, 3.8) is 0 Å². The van der Waals surface area contributed by atoms with E-state index in [-0.39, 0.29) is 11.3 Å². The van der Waals surface area contributed by atoms with Crippen molar-refractivity contribution in [2.24, 2.45) is 5.41 Å². The SMILES string of the molecule is C[C@]1(C(=O)NC2CCCCC2)C[C@H]1Br. The van der Waals surface area contributed by atoms with Gasteiger partial charge in [0.1, 0.15) is 0 Å². The Balaban J connectivity index is 1.82. The third kappa shape index (κ3) is 1.97. The summed E-state index contributed by atoms with van der Waals surface area (Å²) in [5.41, 5.74) is -0.114. The van der Waals surface area contributed by atoms with E-state index in [0.717, 1.165) is 6.42 Å². The molecule has 0 heterocycles. The normalized spacial score (nSPS) is 38.0. The first-order valence-corrected chi connectivity index (χ1v) is 6.49. The van der Waals surface area contributed by atoms with E-state index in [1.165, 1.54) is 32.1 Å². The standard InChI is InChI=1S/C11H18BrNO/c1-11(7-9(11)12)10(14)13-8-5-3-2-4-6-8/h8-9H,2-7H2,1H3,(H,13,14)/t9-,11+/m1/s1. The van der Waals surface area contributed by atoms with Gasteiger partial charge in [-0.05, 0) is 26.2 Å². The largest absolute Gasteiger partial charge is 0.353 e. The Morgan fingerprint density at radius 3 is 2.43 bits per heavy atom. The van der Waals surface area contributed by atoms with Crippen LogP contribution in [0.4, 0.5) is 0 Å². The second kappa shape index (κ2) is 3.84. The van der Waals surface area contributed by atoms with Crippen LogP contribution in [-0.2, 0) is 4.79 Å². The van der Waals surface area contributed by atoms with Gasteiger partial charge in [-0.15, -0.1) is 0 Å². The molecule has 0 radical (unpaired) electrons. The van der Waals surface area contributed by atoms with Gasteiger partial charge in [-0.25, -0.2) is 0 Å². The molecule has 0 aliphatic heterocycles. The lowest BCUT2D eigenvalue weighted by atomic mass is 9.95. The maximum Gasteiger partial charge on any atom is 0.227 e. The molecule has 2 aliphatic rings. The fourth-order valence-corrected chi connectivity index (χ4v) is 3.03. The molecule has 2 saturated carbocycles. The highest BCUT2D eigenvalue weighted by molar-refractivity contribution is 9.09. The van der Waals surface area contributed by atoms with Crippen LogP contribution in [0.2, 0.25) is 0 Å². The molecule has 2 aliphatic carbocycles. The fourth-order valence-electron chi connectivity index (χ4n) is 2.15. The average Bonchev–Trinajstić information content (AvgIpc) is 2.78. The summed E-state index contributed by atoms with van der Waals surface area (Å²) in [4.78, 5) is 12.3. The minimum atomic E-state index is -0.114. The lowest BCUT2D eigenvalue weighted by Crippen LogP contribution is -2.40. The predicted octanol–water partition coefficient (Wildman–Crippen LogP) is 2.61. The molecule has 14 heavy (non-hydrogen) atoms. The summed E-state index contributed by atoms with van der Waals surface area (Å²) in [5, 5.41) is 3.18. The summed E-state index contributed by atoms with van der Waals surface area (Å²) in [6.45, 7) is 2.05. The topological polar surface area (TPSA) is 29.1 Å².